The van der Waals surface area contributed by atoms with Gasteiger partial charge in [-0.2, -0.15) is 0 Å². The van der Waals surface area contributed by atoms with Gasteiger partial charge in [-0.15, -0.1) is 0 Å². The molecule has 0 saturated carbocycles. The molecule has 1 aliphatic rings. The maximum absolute atomic E-state index is 10.6. The predicted octanol–water partition coefficient (Wildman–Crippen LogP) is 1.64. The molecule has 0 spiro atoms. The molecule has 86 valence electrons. The van der Waals surface area contributed by atoms with Crippen LogP contribution >= 0.6 is 0 Å². The van der Waals surface area contributed by atoms with E-state index in [0.29, 0.717) is 6.04 Å². The van der Waals surface area contributed by atoms with Crippen LogP contribution in [0.15, 0.2) is 24.3 Å². The van der Waals surface area contributed by atoms with E-state index in [1.165, 1.54) is 5.69 Å². The molecular weight excluding hydrogens is 200 g/mol. The van der Waals surface area contributed by atoms with Crippen LogP contribution in [0.5, 0.6) is 0 Å². The summed E-state index contributed by atoms with van der Waals surface area (Å²) in [6, 6.07) is 8.40. The Morgan fingerprint density at radius 3 is 2.50 bits per heavy atom. The number of hydrogen-bond donors (Lipinski definition) is 0. The molecule has 1 aromatic rings. The van der Waals surface area contributed by atoms with Crippen molar-refractivity contribution in [3.05, 3.63) is 29.8 Å². The highest BCUT2D eigenvalue weighted by Crippen LogP contribution is 2.18. The summed E-state index contributed by atoms with van der Waals surface area (Å²) in [5.41, 5.74) is 1.96. The minimum absolute atomic E-state index is 0.583. The third kappa shape index (κ3) is 2.25. The predicted molar refractivity (Wildman–Crippen MR) is 66.1 cm³/mol. The molecule has 0 amide bonds. The zero-order valence-electron chi connectivity index (χ0n) is 9.89. The lowest BCUT2D eigenvalue weighted by Gasteiger charge is -2.39. The fraction of sp³-hybridized carbons (Fsp3) is 0.462. The summed E-state index contributed by atoms with van der Waals surface area (Å²) in [5, 5.41) is 0. The highest BCUT2D eigenvalue weighted by Gasteiger charge is 2.20. The van der Waals surface area contributed by atoms with Crippen molar-refractivity contribution >= 4 is 12.0 Å². The van der Waals surface area contributed by atoms with Crippen molar-refractivity contribution in [2.45, 2.75) is 13.0 Å². The molecule has 3 nitrogen and oxygen atoms in total. The molecule has 0 bridgehead atoms. The third-order valence-corrected chi connectivity index (χ3v) is 3.35. The average molecular weight is 218 g/mol. The summed E-state index contributed by atoms with van der Waals surface area (Å²) in [4.78, 5) is 15.3. The first kappa shape index (κ1) is 11.1. The molecule has 3 heteroatoms. The van der Waals surface area contributed by atoms with Gasteiger partial charge in [-0.25, -0.2) is 0 Å². The fourth-order valence-electron chi connectivity index (χ4n) is 2.05. The van der Waals surface area contributed by atoms with E-state index in [1.807, 2.05) is 24.3 Å². The van der Waals surface area contributed by atoms with Gasteiger partial charge >= 0.3 is 0 Å². The second-order valence-electron chi connectivity index (χ2n) is 4.49. The van der Waals surface area contributed by atoms with Gasteiger partial charge in [-0.1, -0.05) is 0 Å². The SMILES string of the molecule is CC1CN(c2ccc(C=O)cc2)CCN1C. The molecular formula is C13H18N2O. The smallest absolute Gasteiger partial charge is 0.150 e. The van der Waals surface area contributed by atoms with Crippen LogP contribution in [0.25, 0.3) is 0 Å². The minimum Gasteiger partial charge on any atom is -0.369 e. The van der Waals surface area contributed by atoms with E-state index < -0.39 is 0 Å². The van der Waals surface area contributed by atoms with Crippen molar-refractivity contribution in [3.63, 3.8) is 0 Å². The highest BCUT2D eigenvalue weighted by molar-refractivity contribution is 5.75. The van der Waals surface area contributed by atoms with Gasteiger partial charge in [0.15, 0.2) is 0 Å². The van der Waals surface area contributed by atoms with Gasteiger partial charge in [0.05, 0.1) is 0 Å². The standard InChI is InChI=1S/C13H18N2O/c1-11-9-15(8-7-14(11)2)13-5-3-12(10-16)4-6-13/h3-6,10-11H,7-9H2,1-2H3. The van der Waals surface area contributed by atoms with E-state index in [0.717, 1.165) is 31.5 Å². The van der Waals surface area contributed by atoms with Crippen molar-refractivity contribution in [2.24, 2.45) is 0 Å². The van der Waals surface area contributed by atoms with Gasteiger partial charge in [-0.05, 0) is 38.2 Å². The quantitative estimate of drug-likeness (QED) is 0.705. The molecule has 1 fully saturated rings. The Balaban J connectivity index is 2.09. The first-order valence-corrected chi connectivity index (χ1v) is 5.71. The molecule has 0 N–H and O–H groups in total. The Morgan fingerprint density at radius 1 is 1.25 bits per heavy atom. The highest BCUT2D eigenvalue weighted by atomic mass is 16.1. The van der Waals surface area contributed by atoms with Crippen LogP contribution < -0.4 is 4.90 Å². The maximum atomic E-state index is 10.6. The Bertz CT molecular complexity index is 361. The molecule has 0 aliphatic carbocycles. The average Bonchev–Trinajstić information content (AvgIpc) is 2.33. The monoisotopic (exact) mass is 218 g/mol. The lowest BCUT2D eigenvalue weighted by atomic mass is 10.1. The molecule has 1 atom stereocenters. The summed E-state index contributed by atoms with van der Waals surface area (Å²) >= 11 is 0. The number of benzene rings is 1. The molecule has 2 rings (SSSR count). The molecule has 1 aromatic carbocycles. The molecule has 1 saturated heterocycles. The third-order valence-electron chi connectivity index (χ3n) is 3.35. The number of carbonyl (C=O) groups is 1. The van der Waals surface area contributed by atoms with Crippen molar-refractivity contribution in [3.8, 4) is 0 Å². The van der Waals surface area contributed by atoms with E-state index in [9.17, 15) is 4.79 Å². The summed E-state index contributed by atoms with van der Waals surface area (Å²) in [5.74, 6) is 0. The van der Waals surface area contributed by atoms with Gasteiger partial charge < -0.3 is 9.80 Å². The van der Waals surface area contributed by atoms with E-state index in [-0.39, 0.29) is 0 Å². The van der Waals surface area contributed by atoms with Gasteiger partial charge in [0.25, 0.3) is 0 Å². The molecule has 0 radical (unpaired) electrons. The van der Waals surface area contributed by atoms with Gasteiger partial charge in [0.2, 0.25) is 0 Å². The summed E-state index contributed by atoms with van der Waals surface area (Å²) in [6.45, 7) is 5.45. The topological polar surface area (TPSA) is 23.6 Å². The van der Waals surface area contributed by atoms with E-state index in [1.54, 1.807) is 0 Å². The summed E-state index contributed by atoms with van der Waals surface area (Å²) in [7, 11) is 2.16. The number of hydrogen-bond acceptors (Lipinski definition) is 3. The largest absolute Gasteiger partial charge is 0.369 e. The molecule has 0 aromatic heterocycles. The minimum atomic E-state index is 0.583. The summed E-state index contributed by atoms with van der Waals surface area (Å²) in [6.07, 6.45) is 0.885. The van der Waals surface area contributed by atoms with Crippen molar-refractivity contribution in [1.29, 1.82) is 0 Å². The fourth-order valence-corrected chi connectivity index (χ4v) is 2.05. The van der Waals surface area contributed by atoms with Crippen LogP contribution in [0, 0.1) is 0 Å². The Labute approximate surface area is 96.7 Å². The van der Waals surface area contributed by atoms with Crippen LogP contribution in [-0.2, 0) is 0 Å². The number of rotatable bonds is 2. The zero-order valence-corrected chi connectivity index (χ0v) is 9.89. The van der Waals surface area contributed by atoms with Crippen LogP contribution in [0.3, 0.4) is 0 Å². The molecule has 16 heavy (non-hydrogen) atoms. The van der Waals surface area contributed by atoms with Crippen molar-refractivity contribution < 1.29 is 4.79 Å². The van der Waals surface area contributed by atoms with Crippen molar-refractivity contribution in [1.82, 2.24) is 4.90 Å². The first-order valence-electron chi connectivity index (χ1n) is 5.71. The zero-order chi connectivity index (χ0) is 11.5. The van der Waals surface area contributed by atoms with Crippen LogP contribution in [-0.4, -0.2) is 43.9 Å². The Hall–Kier alpha value is -1.35. The maximum Gasteiger partial charge on any atom is 0.150 e. The first-order chi connectivity index (χ1) is 7.70. The van der Waals surface area contributed by atoms with Crippen molar-refractivity contribution in [2.75, 3.05) is 31.6 Å². The lowest BCUT2D eigenvalue weighted by molar-refractivity contribution is 0.112. The summed E-state index contributed by atoms with van der Waals surface area (Å²) < 4.78 is 0. The number of carbonyl (C=O) groups excluding carboxylic acids is 1. The second kappa shape index (κ2) is 4.66. The Kier molecular flexibility index (Phi) is 3.25. The number of nitrogens with zero attached hydrogens (tertiary/aromatic N) is 2. The number of piperazine rings is 1. The Morgan fingerprint density at radius 2 is 1.94 bits per heavy atom. The second-order valence-corrected chi connectivity index (χ2v) is 4.49. The lowest BCUT2D eigenvalue weighted by Crippen LogP contribution is -2.50. The van der Waals surface area contributed by atoms with Crippen LogP contribution in [0.4, 0.5) is 5.69 Å². The van der Waals surface area contributed by atoms with E-state index in [2.05, 4.69) is 23.8 Å². The van der Waals surface area contributed by atoms with Crippen LogP contribution in [0.1, 0.15) is 17.3 Å². The molecule has 1 aliphatic heterocycles. The normalized spacial score (nSPS) is 22.1. The van der Waals surface area contributed by atoms with Gasteiger partial charge in [0.1, 0.15) is 6.29 Å². The van der Waals surface area contributed by atoms with Gasteiger partial charge in [0, 0.05) is 36.9 Å². The van der Waals surface area contributed by atoms with E-state index >= 15 is 0 Å². The number of anilines is 1. The molecule has 1 unspecified atom stereocenters. The number of likely N-dealkylation sites (N-methyl/N-ethyl adjacent to an activating group) is 1. The van der Waals surface area contributed by atoms with Crippen LogP contribution in [0.2, 0.25) is 0 Å². The molecule has 1 heterocycles. The number of aldehydes is 1. The van der Waals surface area contributed by atoms with E-state index in [4.69, 9.17) is 0 Å². The van der Waals surface area contributed by atoms with Gasteiger partial charge in [-0.3, -0.25) is 4.79 Å².